The average molecular weight is 435 g/mol. The van der Waals surface area contributed by atoms with Crippen molar-refractivity contribution in [2.75, 3.05) is 26.2 Å². The molecule has 1 N–H and O–H groups in total. The highest BCUT2D eigenvalue weighted by Gasteiger charge is 2.13. The normalized spacial score (nSPS) is 14.1. The molecule has 2 aromatic carbocycles. The smallest absolute Gasteiger partial charge is 0.272 e. The first-order chi connectivity index (χ1) is 15.3. The van der Waals surface area contributed by atoms with E-state index < -0.39 is 0 Å². The molecule has 0 aliphatic carbocycles. The van der Waals surface area contributed by atoms with Gasteiger partial charge in [-0.25, -0.2) is 0 Å². The number of aromatic nitrogens is 2. The first-order valence-corrected chi connectivity index (χ1v) is 11.3. The molecule has 4 rings (SSSR count). The van der Waals surface area contributed by atoms with Crippen molar-refractivity contribution in [2.24, 2.45) is 0 Å². The second-order valence-electron chi connectivity index (χ2n) is 7.48. The first-order valence-electron chi connectivity index (χ1n) is 10.5. The number of nitrogens with zero attached hydrogens (tertiary/aromatic N) is 3. The SMILES string of the molecule is O=C(NCCCOc1ccc(CN2CC=C(c3ccccc3)CC2)cc1)c1cnsn1. The Morgan fingerprint density at radius 2 is 1.97 bits per heavy atom. The number of carbonyl (C=O) groups excluding carboxylic acids is 1. The number of carbonyl (C=O) groups is 1. The molecule has 160 valence electrons. The Morgan fingerprint density at radius 3 is 2.68 bits per heavy atom. The average Bonchev–Trinajstić information content (AvgIpc) is 3.36. The Bertz CT molecular complexity index is 988. The molecule has 2 heterocycles. The summed E-state index contributed by atoms with van der Waals surface area (Å²) in [4.78, 5) is 14.2. The van der Waals surface area contributed by atoms with Crippen LogP contribution in [0.4, 0.5) is 0 Å². The molecule has 0 atom stereocenters. The molecule has 1 aromatic heterocycles. The molecule has 1 aliphatic rings. The van der Waals surface area contributed by atoms with Crippen LogP contribution >= 0.6 is 11.7 Å². The summed E-state index contributed by atoms with van der Waals surface area (Å²) in [6.07, 6.45) is 5.64. The summed E-state index contributed by atoms with van der Waals surface area (Å²) in [5, 5.41) is 2.81. The fourth-order valence-corrected chi connectivity index (χ4v) is 3.95. The van der Waals surface area contributed by atoms with Crippen LogP contribution in [0.15, 0.2) is 66.9 Å². The molecule has 1 aliphatic heterocycles. The Kier molecular flexibility index (Phi) is 7.41. The fourth-order valence-electron chi connectivity index (χ4n) is 3.54. The van der Waals surface area contributed by atoms with E-state index in [-0.39, 0.29) is 5.91 Å². The Balaban J connectivity index is 1.16. The summed E-state index contributed by atoms with van der Waals surface area (Å²) in [6.45, 7) is 4.08. The second kappa shape index (κ2) is 10.8. The molecule has 0 spiro atoms. The van der Waals surface area contributed by atoms with Gasteiger partial charge in [0, 0.05) is 26.2 Å². The zero-order chi connectivity index (χ0) is 21.3. The van der Waals surface area contributed by atoms with E-state index in [1.54, 1.807) is 0 Å². The van der Waals surface area contributed by atoms with Crippen LogP contribution in [0, 0.1) is 0 Å². The van der Waals surface area contributed by atoms with Crippen molar-refractivity contribution in [1.82, 2.24) is 19.0 Å². The molecule has 0 saturated heterocycles. The lowest BCUT2D eigenvalue weighted by Gasteiger charge is -2.26. The third-order valence-electron chi connectivity index (χ3n) is 5.24. The van der Waals surface area contributed by atoms with Crippen LogP contribution in [0.1, 0.15) is 34.5 Å². The fraction of sp³-hybridized carbons (Fsp3) is 0.292. The maximum atomic E-state index is 11.8. The highest BCUT2D eigenvalue weighted by Crippen LogP contribution is 2.23. The summed E-state index contributed by atoms with van der Waals surface area (Å²) < 4.78 is 13.5. The third-order valence-corrected chi connectivity index (χ3v) is 5.71. The lowest BCUT2D eigenvalue weighted by molar-refractivity contribution is 0.0947. The van der Waals surface area contributed by atoms with Crippen LogP contribution in [0.3, 0.4) is 0 Å². The number of rotatable bonds is 9. The van der Waals surface area contributed by atoms with E-state index in [9.17, 15) is 4.79 Å². The van der Waals surface area contributed by atoms with Crippen LogP contribution in [0.5, 0.6) is 5.75 Å². The van der Waals surface area contributed by atoms with Crippen molar-refractivity contribution in [3.05, 3.63) is 83.7 Å². The van der Waals surface area contributed by atoms with Gasteiger partial charge < -0.3 is 10.1 Å². The maximum absolute atomic E-state index is 11.8. The Morgan fingerprint density at radius 1 is 1.13 bits per heavy atom. The van der Waals surface area contributed by atoms with Crippen molar-refractivity contribution in [2.45, 2.75) is 19.4 Å². The van der Waals surface area contributed by atoms with Gasteiger partial charge in [0.2, 0.25) is 0 Å². The van der Waals surface area contributed by atoms with E-state index in [1.165, 1.54) is 22.9 Å². The van der Waals surface area contributed by atoms with Crippen LogP contribution < -0.4 is 10.1 Å². The minimum Gasteiger partial charge on any atom is -0.494 e. The molecule has 0 unspecified atom stereocenters. The summed E-state index contributed by atoms with van der Waals surface area (Å²) in [5.74, 6) is 0.658. The second-order valence-corrected chi connectivity index (χ2v) is 8.03. The van der Waals surface area contributed by atoms with E-state index in [2.05, 4.69) is 67.5 Å². The molecule has 0 radical (unpaired) electrons. The molecule has 1 amide bonds. The topological polar surface area (TPSA) is 67.3 Å². The molecule has 31 heavy (non-hydrogen) atoms. The van der Waals surface area contributed by atoms with Crippen molar-refractivity contribution in [3.8, 4) is 5.75 Å². The van der Waals surface area contributed by atoms with E-state index in [4.69, 9.17) is 4.74 Å². The van der Waals surface area contributed by atoms with Gasteiger partial charge in [0.1, 0.15) is 5.75 Å². The van der Waals surface area contributed by atoms with Gasteiger partial charge in [-0.15, -0.1) is 0 Å². The number of amides is 1. The largest absolute Gasteiger partial charge is 0.494 e. The van der Waals surface area contributed by atoms with Gasteiger partial charge in [-0.3, -0.25) is 9.69 Å². The molecule has 0 saturated carbocycles. The standard InChI is InChI=1S/C24H26N4O2S/c29-24(23-17-26-31-27-23)25-13-4-16-30-22-9-7-19(8-10-22)18-28-14-11-21(12-15-28)20-5-2-1-3-6-20/h1-3,5-11,17H,4,12-16,18H2,(H,25,29). The summed E-state index contributed by atoms with van der Waals surface area (Å²) in [6, 6.07) is 18.9. The zero-order valence-corrected chi connectivity index (χ0v) is 18.2. The molecule has 0 fully saturated rings. The summed E-state index contributed by atoms with van der Waals surface area (Å²) >= 11 is 1.03. The van der Waals surface area contributed by atoms with Crippen molar-refractivity contribution >= 4 is 23.2 Å². The van der Waals surface area contributed by atoms with E-state index in [0.717, 1.165) is 50.0 Å². The van der Waals surface area contributed by atoms with Gasteiger partial charge >= 0.3 is 0 Å². The number of nitrogens with one attached hydrogen (secondary N) is 1. The lowest BCUT2D eigenvalue weighted by atomic mass is 9.99. The molecular weight excluding hydrogens is 408 g/mol. The van der Waals surface area contributed by atoms with Crippen LogP contribution in [0.25, 0.3) is 5.57 Å². The van der Waals surface area contributed by atoms with Gasteiger partial charge in [0.25, 0.3) is 5.91 Å². The van der Waals surface area contributed by atoms with Crippen molar-refractivity contribution in [1.29, 1.82) is 0 Å². The molecule has 0 bridgehead atoms. The number of ether oxygens (including phenoxy) is 1. The Labute approximate surface area is 186 Å². The number of hydrogen-bond donors (Lipinski definition) is 1. The predicted molar refractivity (Wildman–Crippen MR) is 123 cm³/mol. The highest BCUT2D eigenvalue weighted by molar-refractivity contribution is 6.99. The molecule has 6 nitrogen and oxygen atoms in total. The highest BCUT2D eigenvalue weighted by atomic mass is 32.1. The van der Waals surface area contributed by atoms with Gasteiger partial charge in [-0.05, 0) is 41.7 Å². The van der Waals surface area contributed by atoms with Crippen molar-refractivity contribution in [3.63, 3.8) is 0 Å². The monoisotopic (exact) mass is 434 g/mol. The molecule has 3 aromatic rings. The van der Waals surface area contributed by atoms with Gasteiger partial charge in [0.05, 0.1) is 24.5 Å². The lowest BCUT2D eigenvalue weighted by Crippen LogP contribution is -2.28. The summed E-state index contributed by atoms with van der Waals surface area (Å²) in [7, 11) is 0. The van der Waals surface area contributed by atoms with Gasteiger partial charge in [-0.2, -0.15) is 8.75 Å². The molecule has 7 heteroatoms. The van der Waals surface area contributed by atoms with E-state index in [1.807, 2.05) is 12.1 Å². The van der Waals surface area contributed by atoms with Crippen LogP contribution in [-0.4, -0.2) is 45.8 Å². The minimum absolute atomic E-state index is 0.193. The molecular formula is C24H26N4O2S. The van der Waals surface area contributed by atoms with E-state index in [0.29, 0.717) is 18.8 Å². The van der Waals surface area contributed by atoms with Crippen LogP contribution in [0.2, 0.25) is 0 Å². The number of benzene rings is 2. The summed E-state index contributed by atoms with van der Waals surface area (Å²) in [5.41, 5.74) is 4.43. The minimum atomic E-state index is -0.193. The van der Waals surface area contributed by atoms with Gasteiger partial charge in [-0.1, -0.05) is 48.5 Å². The maximum Gasteiger partial charge on any atom is 0.272 e. The first kappa shape index (κ1) is 21.2. The van der Waals surface area contributed by atoms with Crippen molar-refractivity contribution < 1.29 is 9.53 Å². The van der Waals surface area contributed by atoms with Crippen LogP contribution in [-0.2, 0) is 6.54 Å². The third kappa shape index (κ3) is 6.23. The zero-order valence-electron chi connectivity index (χ0n) is 17.4. The number of hydrogen-bond acceptors (Lipinski definition) is 6. The van der Waals surface area contributed by atoms with E-state index >= 15 is 0 Å². The Hall–Kier alpha value is -3.03. The quantitative estimate of drug-likeness (QED) is 0.515. The van der Waals surface area contributed by atoms with Gasteiger partial charge in [0.15, 0.2) is 5.69 Å². The predicted octanol–water partition coefficient (Wildman–Crippen LogP) is 4.03.